The van der Waals surface area contributed by atoms with Gasteiger partial charge in [-0.25, -0.2) is 0 Å². The number of aryl methyl sites for hydroxylation is 1. The summed E-state index contributed by atoms with van der Waals surface area (Å²) < 4.78 is 5.18. The number of aromatic nitrogens is 1. The number of nitro benzene ring substituents is 1. The minimum absolute atomic E-state index is 0.00520. The van der Waals surface area contributed by atoms with Crippen LogP contribution in [0, 0.1) is 16.0 Å². The standard InChI is InChI=1S/C27H31N3O5/c1-3-18-8-6-12-22-24(16-28-26(18)22)23(19-9-5-11-21(14-19)30(33)34)15-25(31)29-13-7-10-20(17-29)27(32)35-4-2/h5-6,8-9,11-12,14,16,20,23,28H,3-4,7,10,13,15,17H2,1-2H3. The number of benzene rings is 2. The number of amides is 1. The summed E-state index contributed by atoms with van der Waals surface area (Å²) in [6.07, 6.45) is 4.38. The molecule has 4 rings (SSSR count). The summed E-state index contributed by atoms with van der Waals surface area (Å²) in [5.41, 5.74) is 3.84. The monoisotopic (exact) mass is 477 g/mol. The van der Waals surface area contributed by atoms with Crippen molar-refractivity contribution in [2.75, 3.05) is 19.7 Å². The molecule has 1 saturated heterocycles. The number of ether oxygens (including phenoxy) is 1. The lowest BCUT2D eigenvalue weighted by Gasteiger charge is -2.32. The van der Waals surface area contributed by atoms with Crippen LogP contribution in [-0.4, -0.2) is 46.4 Å². The van der Waals surface area contributed by atoms with E-state index < -0.39 is 4.92 Å². The third kappa shape index (κ3) is 5.21. The number of nitrogens with one attached hydrogen (secondary N) is 1. The first-order valence-electron chi connectivity index (χ1n) is 12.2. The van der Waals surface area contributed by atoms with Crippen LogP contribution in [0.25, 0.3) is 10.9 Å². The van der Waals surface area contributed by atoms with Crippen LogP contribution in [0.2, 0.25) is 0 Å². The number of nitro groups is 1. The fourth-order valence-corrected chi connectivity index (χ4v) is 5.04. The van der Waals surface area contributed by atoms with Crippen LogP contribution < -0.4 is 0 Å². The zero-order valence-electron chi connectivity index (χ0n) is 20.2. The van der Waals surface area contributed by atoms with Crippen LogP contribution >= 0.6 is 0 Å². The van der Waals surface area contributed by atoms with Gasteiger partial charge in [0.1, 0.15) is 0 Å². The van der Waals surface area contributed by atoms with Gasteiger partial charge in [0, 0.05) is 54.7 Å². The van der Waals surface area contributed by atoms with Crippen molar-refractivity contribution in [1.82, 2.24) is 9.88 Å². The SMILES string of the molecule is CCOC(=O)C1CCCN(C(=O)CC(c2cccc([N+](=O)[O-])c2)c2c[nH]c3c(CC)cccc23)C1. The van der Waals surface area contributed by atoms with Gasteiger partial charge in [-0.3, -0.25) is 19.7 Å². The molecule has 2 unspecified atom stereocenters. The zero-order chi connectivity index (χ0) is 24.9. The summed E-state index contributed by atoms with van der Waals surface area (Å²) >= 11 is 0. The van der Waals surface area contributed by atoms with Gasteiger partial charge in [0.05, 0.1) is 17.4 Å². The highest BCUT2D eigenvalue weighted by Crippen LogP contribution is 2.36. The van der Waals surface area contributed by atoms with E-state index in [4.69, 9.17) is 4.74 Å². The summed E-state index contributed by atoms with van der Waals surface area (Å²) in [7, 11) is 0. The normalized spacial score (nSPS) is 16.7. The molecule has 1 amide bonds. The fourth-order valence-electron chi connectivity index (χ4n) is 5.04. The van der Waals surface area contributed by atoms with Crippen LogP contribution in [-0.2, 0) is 20.7 Å². The van der Waals surface area contributed by atoms with E-state index in [-0.39, 0.29) is 35.8 Å². The van der Waals surface area contributed by atoms with Crippen molar-refractivity contribution in [3.63, 3.8) is 0 Å². The molecule has 0 saturated carbocycles. The number of para-hydroxylation sites is 1. The summed E-state index contributed by atoms with van der Waals surface area (Å²) in [5, 5.41) is 12.5. The summed E-state index contributed by atoms with van der Waals surface area (Å²) in [6, 6.07) is 12.6. The average molecular weight is 478 g/mol. The number of H-pyrrole nitrogens is 1. The molecule has 0 aliphatic carbocycles. The van der Waals surface area contributed by atoms with Crippen molar-refractivity contribution < 1.29 is 19.2 Å². The Kier molecular flexibility index (Phi) is 7.48. The smallest absolute Gasteiger partial charge is 0.310 e. The molecule has 35 heavy (non-hydrogen) atoms. The Labute approximate surface area is 204 Å². The number of hydrogen-bond donors (Lipinski definition) is 1. The van der Waals surface area contributed by atoms with Crippen molar-refractivity contribution in [2.24, 2.45) is 5.92 Å². The van der Waals surface area contributed by atoms with Gasteiger partial charge in [-0.15, -0.1) is 0 Å². The maximum Gasteiger partial charge on any atom is 0.310 e. The predicted octanol–water partition coefficient (Wildman–Crippen LogP) is 4.96. The summed E-state index contributed by atoms with van der Waals surface area (Å²) in [4.78, 5) is 41.9. The van der Waals surface area contributed by atoms with Crippen LogP contribution in [0.4, 0.5) is 5.69 Å². The van der Waals surface area contributed by atoms with Gasteiger partial charge in [-0.05, 0) is 42.9 Å². The summed E-state index contributed by atoms with van der Waals surface area (Å²) in [5.74, 6) is -1.02. The lowest BCUT2D eigenvalue weighted by atomic mass is 9.86. The van der Waals surface area contributed by atoms with E-state index >= 15 is 0 Å². The Morgan fingerprint density at radius 3 is 2.77 bits per heavy atom. The van der Waals surface area contributed by atoms with Crippen LogP contribution in [0.3, 0.4) is 0 Å². The third-order valence-electron chi connectivity index (χ3n) is 6.85. The van der Waals surface area contributed by atoms with E-state index in [1.165, 1.54) is 11.6 Å². The van der Waals surface area contributed by atoms with Crippen molar-refractivity contribution in [3.8, 4) is 0 Å². The minimum atomic E-state index is -0.415. The second-order valence-electron chi connectivity index (χ2n) is 8.98. The number of aromatic amines is 1. The van der Waals surface area contributed by atoms with Gasteiger partial charge in [-0.1, -0.05) is 37.3 Å². The molecule has 8 nitrogen and oxygen atoms in total. The molecule has 1 aliphatic heterocycles. The fraction of sp³-hybridized carbons (Fsp3) is 0.407. The number of likely N-dealkylation sites (tertiary alicyclic amines) is 1. The highest BCUT2D eigenvalue weighted by atomic mass is 16.6. The lowest BCUT2D eigenvalue weighted by Crippen LogP contribution is -2.43. The number of rotatable bonds is 8. The number of carbonyl (C=O) groups excluding carboxylic acids is 2. The third-order valence-corrected chi connectivity index (χ3v) is 6.85. The van der Waals surface area contributed by atoms with E-state index in [0.717, 1.165) is 29.3 Å². The molecule has 2 atom stereocenters. The predicted molar refractivity (Wildman–Crippen MR) is 133 cm³/mol. The molecule has 1 aromatic heterocycles. The zero-order valence-corrected chi connectivity index (χ0v) is 20.2. The molecule has 2 aromatic carbocycles. The Morgan fingerprint density at radius 2 is 2.03 bits per heavy atom. The Hall–Kier alpha value is -3.68. The first-order chi connectivity index (χ1) is 16.9. The highest BCUT2D eigenvalue weighted by Gasteiger charge is 2.31. The number of carbonyl (C=O) groups is 2. The van der Waals surface area contributed by atoms with Gasteiger partial charge in [0.25, 0.3) is 5.69 Å². The van der Waals surface area contributed by atoms with Crippen LogP contribution in [0.15, 0.2) is 48.7 Å². The van der Waals surface area contributed by atoms with E-state index in [2.05, 4.69) is 18.0 Å². The molecule has 0 bridgehead atoms. The molecule has 1 fully saturated rings. The number of piperidine rings is 1. The van der Waals surface area contributed by atoms with Crippen LogP contribution in [0.1, 0.15) is 55.7 Å². The van der Waals surface area contributed by atoms with E-state index in [1.54, 1.807) is 24.0 Å². The molecule has 0 radical (unpaired) electrons. The first kappa shape index (κ1) is 24.4. The number of non-ortho nitro benzene ring substituents is 1. The number of fused-ring (bicyclic) bond motifs is 1. The molecule has 8 heteroatoms. The number of hydrogen-bond acceptors (Lipinski definition) is 5. The second-order valence-corrected chi connectivity index (χ2v) is 8.98. The number of esters is 1. The molecule has 1 aliphatic rings. The first-order valence-corrected chi connectivity index (χ1v) is 12.2. The van der Waals surface area contributed by atoms with E-state index in [0.29, 0.717) is 31.7 Å². The van der Waals surface area contributed by atoms with Crippen molar-refractivity contribution in [1.29, 1.82) is 0 Å². The second kappa shape index (κ2) is 10.7. The molecule has 2 heterocycles. The van der Waals surface area contributed by atoms with Crippen molar-refractivity contribution in [2.45, 2.75) is 45.4 Å². The largest absolute Gasteiger partial charge is 0.466 e. The average Bonchev–Trinajstić information content (AvgIpc) is 3.31. The van der Waals surface area contributed by atoms with Crippen molar-refractivity contribution in [3.05, 3.63) is 75.5 Å². The molecule has 184 valence electrons. The number of nitrogens with zero attached hydrogens (tertiary/aromatic N) is 2. The van der Waals surface area contributed by atoms with E-state index in [1.807, 2.05) is 24.4 Å². The Balaban J connectivity index is 1.68. The lowest BCUT2D eigenvalue weighted by molar-refractivity contribution is -0.384. The van der Waals surface area contributed by atoms with Gasteiger partial charge in [-0.2, -0.15) is 0 Å². The minimum Gasteiger partial charge on any atom is -0.466 e. The molecule has 0 spiro atoms. The van der Waals surface area contributed by atoms with Crippen molar-refractivity contribution >= 4 is 28.5 Å². The highest BCUT2D eigenvalue weighted by molar-refractivity contribution is 5.88. The quantitative estimate of drug-likeness (QED) is 0.280. The Bertz CT molecular complexity index is 1230. The Morgan fingerprint density at radius 1 is 1.23 bits per heavy atom. The summed E-state index contributed by atoms with van der Waals surface area (Å²) in [6.45, 7) is 5.11. The molecule has 1 N–H and O–H groups in total. The van der Waals surface area contributed by atoms with Gasteiger partial charge in [0.15, 0.2) is 0 Å². The van der Waals surface area contributed by atoms with E-state index in [9.17, 15) is 19.7 Å². The molecular formula is C27H31N3O5. The van der Waals surface area contributed by atoms with Crippen LogP contribution in [0.5, 0.6) is 0 Å². The van der Waals surface area contributed by atoms with Gasteiger partial charge < -0.3 is 14.6 Å². The maximum absolute atomic E-state index is 13.5. The molecular weight excluding hydrogens is 446 g/mol. The topological polar surface area (TPSA) is 106 Å². The van der Waals surface area contributed by atoms with Gasteiger partial charge in [0.2, 0.25) is 5.91 Å². The van der Waals surface area contributed by atoms with Gasteiger partial charge >= 0.3 is 5.97 Å². The molecule has 3 aromatic rings. The maximum atomic E-state index is 13.5.